The molecule has 0 fully saturated rings. The molecule has 0 heterocycles. The van der Waals surface area contributed by atoms with Crippen LogP contribution in [0.4, 0.5) is 4.79 Å². The molecular weight excluding hydrogens is 137 g/mol. The molecule has 46 valence electrons. The molecule has 0 rings (SSSR count). The molecule has 0 bridgehead atoms. The molecule has 6 heteroatoms. The van der Waals surface area contributed by atoms with Gasteiger partial charge in [0, 0.05) is 0 Å². The second-order valence-electron chi connectivity index (χ2n) is 1.03. The van der Waals surface area contributed by atoms with Gasteiger partial charge in [0.05, 0.1) is 12.5 Å². The maximum Gasteiger partial charge on any atom is 1.00 e. The molecule has 5 nitrogen and oxygen atoms in total. The van der Waals surface area contributed by atoms with Gasteiger partial charge in [-0.25, -0.2) is 4.79 Å². The van der Waals surface area contributed by atoms with Crippen LogP contribution >= 0.6 is 0 Å². The second kappa shape index (κ2) is 5.87. The van der Waals surface area contributed by atoms with Crippen LogP contribution in [0.15, 0.2) is 0 Å². The molecule has 0 aliphatic heterocycles. The standard InChI is InChI=1S/C3H5NO4.Na/c5-2(6)1-4-3(7)8;/h4H,1H2,(H,5,6)(H,7,8);/q;+1/p-1. The maximum absolute atomic E-state index is 9.50. The van der Waals surface area contributed by atoms with E-state index in [0.29, 0.717) is 0 Å². The third kappa shape index (κ3) is 11.4. The number of carboxylic acid groups (broad SMARTS) is 2. The third-order valence-electron chi connectivity index (χ3n) is 0.384. The van der Waals surface area contributed by atoms with Crippen LogP contribution in [0.1, 0.15) is 0 Å². The first-order chi connectivity index (χ1) is 3.63. The molecule has 0 unspecified atom stereocenters. The average molecular weight is 141 g/mol. The number of hydrogen-bond acceptors (Lipinski definition) is 3. The predicted molar refractivity (Wildman–Crippen MR) is 21.0 cm³/mol. The van der Waals surface area contributed by atoms with Crippen molar-refractivity contribution in [1.29, 1.82) is 0 Å². The van der Waals surface area contributed by atoms with Crippen molar-refractivity contribution >= 4 is 12.1 Å². The van der Waals surface area contributed by atoms with Gasteiger partial charge in [-0.05, 0) is 0 Å². The number of aliphatic carboxylic acids is 1. The van der Waals surface area contributed by atoms with Gasteiger partial charge in [-0.2, -0.15) is 0 Å². The minimum atomic E-state index is -1.44. The average Bonchev–Trinajstić information content (AvgIpc) is 1.61. The molecule has 2 N–H and O–H groups in total. The molecule has 0 aromatic heterocycles. The summed E-state index contributed by atoms with van der Waals surface area (Å²) in [6, 6.07) is 0. The number of carbonyl (C=O) groups excluding carboxylic acids is 1. The van der Waals surface area contributed by atoms with Crippen LogP contribution in [0.3, 0.4) is 0 Å². The van der Waals surface area contributed by atoms with Gasteiger partial charge in [-0.1, -0.05) is 0 Å². The smallest absolute Gasteiger partial charge is 0.548 e. The number of hydrogen-bond donors (Lipinski definition) is 2. The molecule has 0 aliphatic rings. The Morgan fingerprint density at radius 2 is 2.00 bits per heavy atom. The Bertz CT molecular complexity index is 100. The molecule has 0 spiro atoms. The quantitative estimate of drug-likeness (QED) is 0.377. The SMILES string of the molecule is O=C([O-])CNC(=O)O.[Na+]. The number of carboxylic acids is 1. The van der Waals surface area contributed by atoms with E-state index >= 15 is 0 Å². The minimum absolute atomic E-state index is 0. The van der Waals surface area contributed by atoms with E-state index in [1.165, 1.54) is 0 Å². The zero-order valence-corrected chi connectivity index (χ0v) is 6.88. The van der Waals surface area contributed by atoms with Crippen molar-refractivity contribution in [3.8, 4) is 0 Å². The zero-order chi connectivity index (χ0) is 6.57. The van der Waals surface area contributed by atoms with Crippen molar-refractivity contribution in [1.82, 2.24) is 5.32 Å². The third-order valence-corrected chi connectivity index (χ3v) is 0.384. The summed E-state index contributed by atoms with van der Waals surface area (Å²) in [4.78, 5) is 19.0. The van der Waals surface area contributed by atoms with Crippen molar-refractivity contribution < 1.29 is 49.4 Å². The van der Waals surface area contributed by atoms with Gasteiger partial charge in [-0.15, -0.1) is 0 Å². The molecule has 0 aromatic rings. The Labute approximate surface area is 73.3 Å². The van der Waals surface area contributed by atoms with Crippen molar-refractivity contribution in [3.63, 3.8) is 0 Å². The van der Waals surface area contributed by atoms with E-state index in [0.717, 1.165) is 0 Å². The first kappa shape index (κ1) is 11.5. The molecule has 0 aromatic carbocycles. The van der Waals surface area contributed by atoms with Gasteiger partial charge in [-0.3, -0.25) is 0 Å². The van der Waals surface area contributed by atoms with E-state index in [9.17, 15) is 14.7 Å². The fourth-order valence-corrected chi connectivity index (χ4v) is 0.148. The summed E-state index contributed by atoms with van der Waals surface area (Å²) in [7, 11) is 0. The van der Waals surface area contributed by atoms with Crippen molar-refractivity contribution in [2.75, 3.05) is 6.54 Å². The normalized spacial score (nSPS) is 7.11. The first-order valence-electron chi connectivity index (χ1n) is 1.79. The van der Waals surface area contributed by atoms with Gasteiger partial charge >= 0.3 is 35.7 Å². The van der Waals surface area contributed by atoms with E-state index in [1.807, 2.05) is 0 Å². The summed E-state index contributed by atoms with van der Waals surface area (Å²) in [5, 5.41) is 18.8. The zero-order valence-electron chi connectivity index (χ0n) is 4.88. The Morgan fingerprint density at radius 1 is 1.56 bits per heavy atom. The van der Waals surface area contributed by atoms with Gasteiger partial charge < -0.3 is 20.3 Å². The number of carbonyl (C=O) groups is 2. The minimum Gasteiger partial charge on any atom is -0.548 e. The van der Waals surface area contributed by atoms with Gasteiger partial charge in [0.2, 0.25) is 0 Å². The van der Waals surface area contributed by atoms with Gasteiger partial charge in [0.25, 0.3) is 0 Å². The van der Waals surface area contributed by atoms with Crippen LogP contribution in [0, 0.1) is 0 Å². The van der Waals surface area contributed by atoms with Crippen LogP contribution in [0.5, 0.6) is 0 Å². The molecule has 9 heavy (non-hydrogen) atoms. The molecule has 0 atom stereocenters. The summed E-state index contributed by atoms with van der Waals surface area (Å²) in [6.07, 6.45) is -1.37. The number of amides is 1. The molecule has 0 saturated heterocycles. The number of nitrogens with one attached hydrogen (secondary N) is 1. The summed E-state index contributed by atoms with van der Waals surface area (Å²) in [5.41, 5.74) is 0. The number of rotatable bonds is 2. The van der Waals surface area contributed by atoms with Crippen molar-refractivity contribution in [3.05, 3.63) is 0 Å². The van der Waals surface area contributed by atoms with Crippen LogP contribution in [0.2, 0.25) is 0 Å². The van der Waals surface area contributed by atoms with E-state index in [-0.39, 0.29) is 29.6 Å². The Morgan fingerprint density at radius 3 is 2.11 bits per heavy atom. The second-order valence-corrected chi connectivity index (χ2v) is 1.03. The fraction of sp³-hybridized carbons (Fsp3) is 0.333. The van der Waals surface area contributed by atoms with Crippen LogP contribution in [0.25, 0.3) is 0 Å². The topological polar surface area (TPSA) is 89.5 Å². The van der Waals surface area contributed by atoms with Crippen molar-refractivity contribution in [2.45, 2.75) is 0 Å². The Kier molecular flexibility index (Phi) is 7.52. The molecule has 0 aliphatic carbocycles. The summed E-state index contributed by atoms with van der Waals surface area (Å²) >= 11 is 0. The van der Waals surface area contributed by atoms with Crippen LogP contribution in [-0.4, -0.2) is 23.7 Å². The van der Waals surface area contributed by atoms with E-state index in [1.54, 1.807) is 5.32 Å². The molecular formula is C3H4NNaO4. The van der Waals surface area contributed by atoms with Gasteiger partial charge in [0.1, 0.15) is 0 Å². The first-order valence-corrected chi connectivity index (χ1v) is 1.79. The fourth-order valence-electron chi connectivity index (χ4n) is 0.148. The van der Waals surface area contributed by atoms with Crippen LogP contribution in [-0.2, 0) is 4.79 Å². The molecule has 0 radical (unpaired) electrons. The van der Waals surface area contributed by atoms with E-state index in [2.05, 4.69) is 0 Å². The largest absolute Gasteiger partial charge is 1.00 e. The van der Waals surface area contributed by atoms with E-state index in [4.69, 9.17) is 5.11 Å². The molecule has 0 saturated carbocycles. The van der Waals surface area contributed by atoms with E-state index < -0.39 is 18.6 Å². The summed E-state index contributed by atoms with van der Waals surface area (Å²) in [6.45, 7) is -0.657. The van der Waals surface area contributed by atoms with Crippen molar-refractivity contribution in [2.24, 2.45) is 0 Å². The van der Waals surface area contributed by atoms with Crippen LogP contribution < -0.4 is 40.0 Å². The maximum atomic E-state index is 9.50. The van der Waals surface area contributed by atoms with Gasteiger partial charge in [0.15, 0.2) is 0 Å². The predicted octanol–water partition coefficient (Wildman–Crippen LogP) is -4.99. The Balaban J connectivity index is 0. The Hall–Kier alpha value is -0.260. The monoisotopic (exact) mass is 141 g/mol. The summed E-state index contributed by atoms with van der Waals surface area (Å²) < 4.78 is 0. The summed E-state index contributed by atoms with van der Waals surface area (Å²) in [5.74, 6) is -1.44. The molecule has 1 amide bonds.